The van der Waals surface area contributed by atoms with Crippen LogP contribution in [0.3, 0.4) is 0 Å². The highest BCUT2D eigenvalue weighted by Crippen LogP contribution is 2.30. The number of thioether (sulfide) groups is 2. The lowest BCUT2D eigenvalue weighted by Gasteiger charge is -2.11. The molecule has 3 aromatic rings. The number of imidazole rings is 1. The van der Waals surface area contributed by atoms with Gasteiger partial charge < -0.3 is 14.2 Å². The Hall–Kier alpha value is -2.28. The maximum Gasteiger partial charge on any atom is 0.420 e. The minimum absolute atomic E-state index is 0.100. The number of halogens is 3. The van der Waals surface area contributed by atoms with Crippen LogP contribution in [-0.2, 0) is 20.0 Å². The van der Waals surface area contributed by atoms with Gasteiger partial charge in [0.1, 0.15) is 6.61 Å². The molecule has 0 aliphatic rings. The third kappa shape index (κ3) is 9.20. The lowest BCUT2D eigenvalue weighted by molar-refractivity contribution is -0.176. The average Bonchev–Trinajstić information content (AvgIpc) is 3.23. The summed E-state index contributed by atoms with van der Waals surface area (Å²) >= 11 is 3.00. The van der Waals surface area contributed by atoms with Crippen molar-refractivity contribution >= 4 is 40.7 Å². The molecule has 2 aromatic heterocycles. The van der Waals surface area contributed by atoms with E-state index in [0.717, 1.165) is 34.5 Å². The normalized spacial score (nSPS) is 11.8. The smallest absolute Gasteiger partial charge is 0.420 e. The lowest BCUT2D eigenvalue weighted by atomic mass is 10.2. The van der Waals surface area contributed by atoms with Crippen LogP contribution in [0.4, 0.5) is 18.0 Å². The minimum atomic E-state index is -4.32. The first-order valence-corrected chi connectivity index (χ1v) is 13.8. The molecule has 0 unspecified atom stereocenters. The molecule has 202 valence electrons. The van der Waals surface area contributed by atoms with Gasteiger partial charge in [0.2, 0.25) is 0 Å². The molecular formula is C25H30F3N3O4S2. The van der Waals surface area contributed by atoms with Crippen LogP contribution in [-0.4, -0.2) is 65.6 Å². The Bertz CT molecular complexity index is 1160. The van der Waals surface area contributed by atoms with Crippen molar-refractivity contribution in [3.05, 3.63) is 47.8 Å². The van der Waals surface area contributed by atoms with Crippen molar-refractivity contribution < 1.29 is 32.2 Å². The van der Waals surface area contributed by atoms with Gasteiger partial charge in [0, 0.05) is 22.6 Å². The zero-order valence-electron chi connectivity index (χ0n) is 20.8. The summed E-state index contributed by atoms with van der Waals surface area (Å²) in [5.41, 5.74) is 3.30. The topological polar surface area (TPSA) is 75.5 Å². The van der Waals surface area contributed by atoms with E-state index in [1.807, 2.05) is 44.2 Å². The highest BCUT2D eigenvalue weighted by atomic mass is 32.2. The number of pyridine rings is 1. The van der Waals surface area contributed by atoms with E-state index < -0.39 is 18.9 Å². The SMILES string of the molecule is CCCCOC(=O)n1c(SCc2nccc(SCCOCCOCC(F)(F)F)c2C)nc2ccccc21. The van der Waals surface area contributed by atoms with Crippen molar-refractivity contribution in [3.63, 3.8) is 0 Å². The number of benzene rings is 1. The average molecular weight is 558 g/mol. The van der Waals surface area contributed by atoms with Crippen LogP contribution >= 0.6 is 23.5 Å². The molecule has 0 saturated carbocycles. The summed E-state index contributed by atoms with van der Waals surface area (Å²) in [5, 5.41) is 0.545. The van der Waals surface area contributed by atoms with E-state index in [1.165, 1.54) is 16.3 Å². The predicted molar refractivity (Wildman–Crippen MR) is 138 cm³/mol. The third-order valence-corrected chi connectivity index (χ3v) is 7.23. The summed E-state index contributed by atoms with van der Waals surface area (Å²) in [6.45, 7) is 3.50. The summed E-state index contributed by atoms with van der Waals surface area (Å²) in [4.78, 5) is 23.0. The molecule has 1 aromatic carbocycles. The Morgan fingerprint density at radius 3 is 2.62 bits per heavy atom. The first-order chi connectivity index (χ1) is 17.8. The molecule has 7 nitrogen and oxygen atoms in total. The van der Waals surface area contributed by atoms with Crippen LogP contribution in [0, 0.1) is 6.92 Å². The number of unbranched alkanes of at least 4 members (excludes halogenated alkanes) is 1. The van der Waals surface area contributed by atoms with Gasteiger partial charge in [-0.05, 0) is 37.1 Å². The Labute approximate surface area is 222 Å². The van der Waals surface area contributed by atoms with Crippen molar-refractivity contribution in [1.29, 1.82) is 0 Å². The fraction of sp³-hybridized carbons (Fsp3) is 0.480. The van der Waals surface area contributed by atoms with Crippen LogP contribution in [0.15, 0.2) is 46.6 Å². The molecule has 0 radical (unpaired) electrons. The van der Waals surface area contributed by atoms with Gasteiger partial charge in [0.15, 0.2) is 5.16 Å². The monoisotopic (exact) mass is 557 g/mol. The van der Waals surface area contributed by atoms with Gasteiger partial charge in [0.25, 0.3) is 0 Å². The molecule has 0 atom stereocenters. The maximum absolute atomic E-state index is 12.8. The van der Waals surface area contributed by atoms with Crippen LogP contribution in [0.1, 0.15) is 31.0 Å². The van der Waals surface area contributed by atoms with E-state index in [0.29, 0.717) is 35.4 Å². The molecule has 0 bridgehead atoms. The van der Waals surface area contributed by atoms with E-state index in [1.54, 1.807) is 18.0 Å². The molecule has 37 heavy (non-hydrogen) atoms. The number of aromatic nitrogens is 3. The lowest BCUT2D eigenvalue weighted by Crippen LogP contribution is -2.19. The zero-order valence-corrected chi connectivity index (χ0v) is 22.4. The van der Waals surface area contributed by atoms with Crippen LogP contribution in [0.5, 0.6) is 0 Å². The Kier molecular flexibility index (Phi) is 11.6. The van der Waals surface area contributed by atoms with Crippen LogP contribution in [0.25, 0.3) is 11.0 Å². The maximum atomic E-state index is 12.8. The molecule has 0 fully saturated rings. The van der Waals surface area contributed by atoms with Crippen molar-refractivity contribution in [3.8, 4) is 0 Å². The van der Waals surface area contributed by atoms with Crippen molar-refractivity contribution in [2.24, 2.45) is 0 Å². The molecule has 0 amide bonds. The van der Waals surface area contributed by atoms with Crippen molar-refractivity contribution in [2.45, 2.75) is 48.7 Å². The predicted octanol–water partition coefficient (Wildman–Crippen LogP) is 6.50. The fourth-order valence-electron chi connectivity index (χ4n) is 3.26. The third-order valence-electron chi connectivity index (χ3n) is 5.16. The van der Waals surface area contributed by atoms with E-state index in [-0.39, 0.29) is 13.2 Å². The van der Waals surface area contributed by atoms with E-state index in [2.05, 4.69) is 14.7 Å². The van der Waals surface area contributed by atoms with Crippen molar-refractivity contribution in [1.82, 2.24) is 14.5 Å². The summed E-state index contributed by atoms with van der Waals surface area (Å²) in [6, 6.07) is 9.36. The van der Waals surface area contributed by atoms with Crippen LogP contribution in [0.2, 0.25) is 0 Å². The van der Waals surface area contributed by atoms with Gasteiger partial charge >= 0.3 is 12.3 Å². The quantitative estimate of drug-likeness (QED) is 0.164. The van der Waals surface area contributed by atoms with Gasteiger partial charge in [-0.15, -0.1) is 11.8 Å². The van der Waals surface area contributed by atoms with Gasteiger partial charge in [-0.1, -0.05) is 37.2 Å². The second-order valence-corrected chi connectivity index (χ2v) is 10.1. The molecule has 0 N–H and O–H groups in total. The number of hydrogen-bond donors (Lipinski definition) is 0. The number of hydrogen-bond acceptors (Lipinski definition) is 8. The molecular weight excluding hydrogens is 527 g/mol. The standard InChI is InChI=1S/C25H30F3N3O4S2/c1-3-4-11-35-24(32)31-21-8-6-5-7-19(21)30-23(31)37-16-20-18(2)22(9-10-29-20)36-15-14-33-12-13-34-17-25(26,27)28/h5-10H,3-4,11-17H2,1-2H3. The number of nitrogens with zero attached hydrogens (tertiary/aromatic N) is 3. The second kappa shape index (κ2) is 14.6. The summed E-state index contributed by atoms with van der Waals surface area (Å²) in [5.74, 6) is 1.15. The number of alkyl halides is 3. The number of carbonyl (C=O) groups excluding carboxylic acids is 1. The summed E-state index contributed by atoms with van der Waals surface area (Å²) in [7, 11) is 0. The summed E-state index contributed by atoms with van der Waals surface area (Å²) in [6.07, 6.45) is -1.30. The second-order valence-electron chi connectivity index (χ2n) is 7.98. The van der Waals surface area contributed by atoms with E-state index in [4.69, 9.17) is 9.47 Å². The first-order valence-electron chi connectivity index (χ1n) is 11.9. The molecule has 0 saturated heterocycles. The number of fused-ring (bicyclic) bond motifs is 1. The Balaban J connectivity index is 1.56. The molecule has 12 heteroatoms. The fourth-order valence-corrected chi connectivity index (χ4v) is 5.19. The van der Waals surface area contributed by atoms with Crippen molar-refractivity contribution in [2.75, 3.05) is 38.8 Å². The van der Waals surface area contributed by atoms with Gasteiger partial charge in [-0.2, -0.15) is 13.2 Å². The van der Waals surface area contributed by atoms with Gasteiger partial charge in [-0.3, -0.25) is 4.98 Å². The molecule has 0 aliphatic heterocycles. The molecule has 0 aliphatic carbocycles. The molecule has 0 spiro atoms. The number of ether oxygens (including phenoxy) is 3. The Morgan fingerprint density at radius 2 is 1.84 bits per heavy atom. The number of para-hydroxylation sites is 2. The van der Waals surface area contributed by atoms with E-state index >= 15 is 0 Å². The van der Waals surface area contributed by atoms with Crippen LogP contribution < -0.4 is 0 Å². The van der Waals surface area contributed by atoms with E-state index in [9.17, 15) is 18.0 Å². The minimum Gasteiger partial charge on any atom is -0.449 e. The molecule has 2 heterocycles. The first kappa shape index (κ1) is 29.3. The largest absolute Gasteiger partial charge is 0.449 e. The van der Waals surface area contributed by atoms with Gasteiger partial charge in [0.05, 0.1) is 43.2 Å². The zero-order chi connectivity index (χ0) is 26.7. The highest BCUT2D eigenvalue weighted by Gasteiger charge is 2.27. The van der Waals surface area contributed by atoms with Gasteiger partial charge in [-0.25, -0.2) is 14.3 Å². The number of rotatable bonds is 14. The Morgan fingerprint density at radius 1 is 1.05 bits per heavy atom. The molecule has 3 rings (SSSR count). The highest BCUT2D eigenvalue weighted by molar-refractivity contribution is 7.99. The number of carbonyl (C=O) groups is 1. The summed E-state index contributed by atoms with van der Waals surface area (Å²) < 4.78 is 53.0.